The highest BCUT2D eigenvalue weighted by Crippen LogP contribution is 2.36. The lowest BCUT2D eigenvalue weighted by atomic mass is 10.1. The van der Waals surface area contributed by atoms with Crippen LogP contribution in [0.5, 0.6) is 11.6 Å². The smallest absolute Gasteiger partial charge is 0.416 e. The van der Waals surface area contributed by atoms with E-state index >= 15 is 0 Å². The van der Waals surface area contributed by atoms with Crippen molar-refractivity contribution in [1.82, 2.24) is 19.8 Å². The lowest BCUT2D eigenvalue weighted by molar-refractivity contribution is -0.385. The summed E-state index contributed by atoms with van der Waals surface area (Å²) in [6, 6.07) is 11.8. The van der Waals surface area contributed by atoms with Crippen LogP contribution in [0.1, 0.15) is 47.4 Å². The quantitative estimate of drug-likeness (QED) is 0.114. The molecule has 2 N–H and O–H groups in total. The maximum atomic E-state index is 14.2. The molecule has 0 saturated carbocycles. The highest BCUT2D eigenvalue weighted by atomic mass is 32.2. The number of nitrogens with zero attached hydrogens (tertiary/aromatic N) is 3. The fraction of sp³-hybridized carbons (Fsp3) is 0.241. The number of nitro groups is 1. The number of non-ortho nitro benzene ring substituents is 1. The monoisotopic (exact) mass is 649 g/mol. The van der Waals surface area contributed by atoms with Gasteiger partial charge in [-0.3, -0.25) is 14.9 Å². The normalized spacial score (nSPS) is 12.5. The molecular formula is C29H27F4N5O6S. The Bertz CT molecular complexity index is 1860. The highest BCUT2D eigenvalue weighted by Gasteiger charge is 2.31. The van der Waals surface area contributed by atoms with Gasteiger partial charge in [-0.05, 0) is 62.2 Å². The molecule has 1 heterocycles. The number of nitro benzene ring substituents is 1. The molecule has 3 aromatic carbocycles. The van der Waals surface area contributed by atoms with Crippen molar-refractivity contribution in [3.63, 3.8) is 0 Å². The lowest BCUT2D eigenvalue weighted by Crippen LogP contribution is -2.32. The van der Waals surface area contributed by atoms with E-state index in [2.05, 4.69) is 15.1 Å². The molecule has 4 rings (SSSR count). The largest absolute Gasteiger partial charge is 0.437 e. The van der Waals surface area contributed by atoms with E-state index < -0.39 is 55.0 Å². The first kappa shape index (κ1) is 33.1. The van der Waals surface area contributed by atoms with Gasteiger partial charge in [0.1, 0.15) is 16.5 Å². The number of aromatic nitrogens is 2. The van der Waals surface area contributed by atoms with E-state index in [0.29, 0.717) is 6.42 Å². The van der Waals surface area contributed by atoms with Crippen molar-refractivity contribution in [2.45, 2.75) is 50.9 Å². The number of hydrogen-bond acceptors (Lipinski definition) is 7. The summed E-state index contributed by atoms with van der Waals surface area (Å²) in [6.45, 7) is 4.45. The Balaban J connectivity index is 1.77. The average molecular weight is 650 g/mol. The molecule has 0 fully saturated rings. The molecule has 1 aromatic heterocycles. The third-order valence-electron chi connectivity index (χ3n) is 6.65. The molecule has 0 aliphatic rings. The van der Waals surface area contributed by atoms with Gasteiger partial charge in [0, 0.05) is 30.3 Å². The zero-order valence-electron chi connectivity index (χ0n) is 24.1. The second-order valence-corrected chi connectivity index (χ2v) is 11.7. The summed E-state index contributed by atoms with van der Waals surface area (Å²) in [6.07, 6.45) is -4.17. The molecule has 45 heavy (non-hydrogen) atoms. The van der Waals surface area contributed by atoms with Crippen LogP contribution in [-0.2, 0) is 22.7 Å². The third kappa shape index (κ3) is 7.64. The molecule has 1 atom stereocenters. The molecule has 1 amide bonds. The summed E-state index contributed by atoms with van der Waals surface area (Å²) in [5.41, 5.74) is -1.40. The van der Waals surface area contributed by atoms with Gasteiger partial charge in [0.25, 0.3) is 11.6 Å². The average Bonchev–Trinajstić information content (AvgIpc) is 3.31. The molecule has 4 aromatic rings. The van der Waals surface area contributed by atoms with Crippen LogP contribution in [-0.4, -0.2) is 35.1 Å². The van der Waals surface area contributed by atoms with Crippen molar-refractivity contribution in [2.75, 3.05) is 0 Å². The molecule has 0 unspecified atom stereocenters. The zero-order valence-corrected chi connectivity index (χ0v) is 24.9. The van der Waals surface area contributed by atoms with Gasteiger partial charge in [-0.2, -0.15) is 23.0 Å². The summed E-state index contributed by atoms with van der Waals surface area (Å²) in [4.78, 5) is 23.3. The lowest BCUT2D eigenvalue weighted by Gasteiger charge is -2.16. The number of amides is 1. The SMILES string of the molecule is CC[C@@H](C)NS(=O)(=O)c1cc([N+](=O)[O-])ccc1Oc1c(C)c(C(=O)NCc2cccc(C(F)(F)F)c2)nn1-c1cccc(F)c1. The molecule has 16 heteroatoms. The molecule has 0 radical (unpaired) electrons. The molecule has 0 saturated heterocycles. The van der Waals surface area contributed by atoms with Crippen LogP contribution in [0.15, 0.2) is 71.6 Å². The van der Waals surface area contributed by atoms with Gasteiger partial charge in [-0.15, -0.1) is 0 Å². The van der Waals surface area contributed by atoms with Crippen molar-refractivity contribution in [1.29, 1.82) is 0 Å². The fourth-order valence-corrected chi connectivity index (χ4v) is 5.62. The Labute approximate surface area is 255 Å². The number of carbonyl (C=O) groups excluding carboxylic acids is 1. The van der Waals surface area contributed by atoms with Crippen molar-refractivity contribution in [3.05, 3.63) is 105 Å². The van der Waals surface area contributed by atoms with Gasteiger partial charge in [-0.25, -0.2) is 17.5 Å². The maximum absolute atomic E-state index is 14.2. The van der Waals surface area contributed by atoms with E-state index in [1.807, 2.05) is 0 Å². The van der Waals surface area contributed by atoms with E-state index in [4.69, 9.17) is 4.74 Å². The summed E-state index contributed by atoms with van der Waals surface area (Å²) in [5.74, 6) is -2.06. The molecule has 0 aliphatic heterocycles. The molecule has 238 valence electrons. The van der Waals surface area contributed by atoms with E-state index in [1.54, 1.807) is 13.8 Å². The number of alkyl halides is 3. The summed E-state index contributed by atoms with van der Waals surface area (Å²) in [7, 11) is -4.37. The third-order valence-corrected chi connectivity index (χ3v) is 8.26. The Morgan fingerprint density at radius 2 is 1.82 bits per heavy atom. The highest BCUT2D eigenvalue weighted by molar-refractivity contribution is 7.89. The van der Waals surface area contributed by atoms with Gasteiger partial charge in [-0.1, -0.05) is 25.1 Å². The Morgan fingerprint density at radius 1 is 1.11 bits per heavy atom. The number of benzene rings is 3. The number of rotatable bonds is 11. The predicted octanol–water partition coefficient (Wildman–Crippen LogP) is 6.05. The molecular weight excluding hydrogens is 622 g/mol. The van der Waals surface area contributed by atoms with Gasteiger partial charge >= 0.3 is 6.18 Å². The zero-order chi connectivity index (χ0) is 33.1. The first-order valence-corrected chi connectivity index (χ1v) is 14.9. The first-order valence-electron chi connectivity index (χ1n) is 13.4. The van der Waals surface area contributed by atoms with E-state index in [0.717, 1.165) is 47.1 Å². The van der Waals surface area contributed by atoms with Crippen molar-refractivity contribution >= 4 is 21.6 Å². The predicted molar refractivity (Wildman–Crippen MR) is 154 cm³/mol. The van der Waals surface area contributed by atoms with Gasteiger partial charge in [0.2, 0.25) is 15.9 Å². The summed E-state index contributed by atoms with van der Waals surface area (Å²) >= 11 is 0. The number of halogens is 4. The molecule has 11 nitrogen and oxygen atoms in total. The Kier molecular flexibility index (Phi) is 9.58. The van der Waals surface area contributed by atoms with E-state index in [9.17, 15) is 40.9 Å². The number of ether oxygens (including phenoxy) is 1. The number of sulfonamides is 1. The second kappa shape index (κ2) is 13.0. The van der Waals surface area contributed by atoms with Crippen molar-refractivity contribution < 1.29 is 40.4 Å². The standard InChI is InChI=1S/C29H27F4N5O6S/c1-4-17(2)36-45(42,43)25-15-23(38(40)41)11-12-24(25)44-28-18(3)26(35-37(28)22-10-6-9-21(30)14-22)27(39)34-16-19-7-5-8-20(13-19)29(31,32)33/h5-15,17,36H,4,16H2,1-3H3,(H,34,39)/t17-/m1/s1. The topological polar surface area (TPSA) is 145 Å². The minimum Gasteiger partial charge on any atom is -0.437 e. The van der Waals surface area contributed by atoms with Crippen molar-refractivity contribution in [2.24, 2.45) is 0 Å². The maximum Gasteiger partial charge on any atom is 0.416 e. The van der Waals surface area contributed by atoms with Gasteiger partial charge < -0.3 is 10.1 Å². The van der Waals surface area contributed by atoms with Crippen LogP contribution >= 0.6 is 0 Å². The van der Waals surface area contributed by atoms with Crippen molar-refractivity contribution in [3.8, 4) is 17.3 Å². The van der Waals surface area contributed by atoms with Crippen LogP contribution in [0.3, 0.4) is 0 Å². The summed E-state index contributed by atoms with van der Waals surface area (Å²) in [5, 5.41) is 18.2. The number of carbonyl (C=O) groups is 1. The minimum atomic E-state index is -4.58. The van der Waals surface area contributed by atoms with Gasteiger partial charge in [0.15, 0.2) is 5.69 Å². The van der Waals surface area contributed by atoms with Gasteiger partial charge in [0.05, 0.1) is 16.2 Å². The first-order chi connectivity index (χ1) is 21.1. The molecule has 0 spiro atoms. The van der Waals surface area contributed by atoms with Crippen LogP contribution in [0.2, 0.25) is 0 Å². The van der Waals surface area contributed by atoms with Crippen LogP contribution < -0.4 is 14.8 Å². The second-order valence-electron chi connectivity index (χ2n) is 9.97. The Morgan fingerprint density at radius 3 is 2.47 bits per heavy atom. The summed E-state index contributed by atoms with van der Waals surface area (Å²) < 4.78 is 89.6. The van der Waals surface area contributed by atoms with Crippen LogP contribution in [0, 0.1) is 22.9 Å². The van der Waals surface area contributed by atoms with Crippen LogP contribution in [0.4, 0.5) is 23.2 Å². The Hall–Kier alpha value is -4.83. The van der Waals surface area contributed by atoms with E-state index in [1.165, 1.54) is 31.2 Å². The van der Waals surface area contributed by atoms with Crippen LogP contribution in [0.25, 0.3) is 5.69 Å². The number of nitrogens with one attached hydrogen (secondary N) is 2. The fourth-order valence-electron chi connectivity index (χ4n) is 4.14. The molecule has 0 aliphatic carbocycles. The van der Waals surface area contributed by atoms with E-state index in [-0.39, 0.29) is 40.7 Å². The minimum absolute atomic E-state index is 0.0531. The molecule has 0 bridgehead atoms. The number of hydrogen-bond donors (Lipinski definition) is 2.